The normalized spacial score (nSPS) is 16.8. The third-order valence-electron chi connectivity index (χ3n) is 5.08. The van der Waals surface area contributed by atoms with Crippen LogP contribution >= 0.6 is 0 Å². The Morgan fingerprint density at radius 1 is 1.20 bits per heavy atom. The van der Waals surface area contributed by atoms with Crippen LogP contribution in [0.4, 0.5) is 11.4 Å². The molecule has 3 rings (SSSR count). The van der Waals surface area contributed by atoms with E-state index in [0.717, 1.165) is 4.31 Å². The summed E-state index contributed by atoms with van der Waals surface area (Å²) in [6, 6.07) is 11.8. The van der Waals surface area contributed by atoms with Gasteiger partial charge in [0.1, 0.15) is 5.75 Å². The van der Waals surface area contributed by atoms with Crippen molar-refractivity contribution in [2.75, 3.05) is 38.0 Å². The lowest BCUT2D eigenvalue weighted by molar-refractivity contribution is -0.122. The Balaban J connectivity index is 1.76. The summed E-state index contributed by atoms with van der Waals surface area (Å²) >= 11 is 0. The molecule has 1 heterocycles. The van der Waals surface area contributed by atoms with E-state index < -0.39 is 15.9 Å². The van der Waals surface area contributed by atoms with Crippen LogP contribution in [0.2, 0.25) is 0 Å². The molecule has 2 aromatic rings. The highest BCUT2D eigenvalue weighted by Crippen LogP contribution is 2.29. The van der Waals surface area contributed by atoms with Crippen LogP contribution in [-0.2, 0) is 19.6 Å². The number of anilines is 2. The summed E-state index contributed by atoms with van der Waals surface area (Å²) in [5, 5.41) is 2.75. The molecule has 9 heteroatoms. The van der Waals surface area contributed by atoms with Gasteiger partial charge in [-0.2, -0.15) is 0 Å². The predicted octanol–water partition coefficient (Wildman–Crippen LogP) is 2.25. The molecule has 8 nitrogen and oxygen atoms in total. The van der Waals surface area contributed by atoms with E-state index in [1.807, 2.05) is 0 Å². The molecule has 1 aliphatic heterocycles. The van der Waals surface area contributed by atoms with Crippen molar-refractivity contribution in [3.05, 3.63) is 48.0 Å². The van der Waals surface area contributed by atoms with Crippen molar-refractivity contribution in [2.24, 2.45) is 5.92 Å². The van der Waals surface area contributed by atoms with Gasteiger partial charge in [-0.05, 0) is 36.8 Å². The molecule has 0 radical (unpaired) electrons. The molecule has 160 valence electrons. The summed E-state index contributed by atoms with van der Waals surface area (Å²) in [6.45, 7) is 1.94. The molecule has 0 unspecified atom stereocenters. The van der Waals surface area contributed by atoms with E-state index in [2.05, 4.69) is 5.32 Å². The molecule has 1 saturated heterocycles. The third-order valence-corrected chi connectivity index (χ3v) is 7.03. The Kier molecular flexibility index (Phi) is 6.14. The van der Waals surface area contributed by atoms with E-state index in [0.29, 0.717) is 22.7 Å². The summed E-state index contributed by atoms with van der Waals surface area (Å²) in [5.41, 5.74) is 1.63. The molecule has 2 amide bonds. The minimum atomic E-state index is -3.64. The van der Waals surface area contributed by atoms with E-state index in [1.165, 1.54) is 20.2 Å². The van der Waals surface area contributed by atoms with Gasteiger partial charge in [0.05, 0.1) is 17.9 Å². The highest BCUT2D eigenvalue weighted by molar-refractivity contribution is 7.89. The zero-order valence-corrected chi connectivity index (χ0v) is 18.2. The minimum Gasteiger partial charge on any atom is -0.497 e. The number of carbonyl (C=O) groups excluding carboxylic acids is 2. The molecule has 0 aromatic heterocycles. The Labute approximate surface area is 176 Å². The number of amides is 2. The number of carbonyl (C=O) groups is 2. The molecule has 0 saturated carbocycles. The molecule has 30 heavy (non-hydrogen) atoms. The zero-order chi connectivity index (χ0) is 22.1. The van der Waals surface area contributed by atoms with Crippen molar-refractivity contribution in [1.29, 1.82) is 0 Å². The smallest absolute Gasteiger partial charge is 0.242 e. The van der Waals surface area contributed by atoms with Crippen LogP contribution in [0.3, 0.4) is 0 Å². The average molecular weight is 432 g/mol. The number of hydrogen-bond donors (Lipinski definition) is 1. The van der Waals surface area contributed by atoms with Crippen LogP contribution in [0.5, 0.6) is 5.75 Å². The van der Waals surface area contributed by atoms with Crippen molar-refractivity contribution in [3.63, 3.8) is 0 Å². The lowest BCUT2D eigenvalue weighted by atomic mass is 10.1. The van der Waals surface area contributed by atoms with Gasteiger partial charge < -0.3 is 15.0 Å². The van der Waals surface area contributed by atoms with Gasteiger partial charge in [0.2, 0.25) is 21.8 Å². The highest BCUT2D eigenvalue weighted by Gasteiger charge is 2.35. The second-order valence-electron chi connectivity index (χ2n) is 7.36. The van der Waals surface area contributed by atoms with Gasteiger partial charge in [-0.15, -0.1) is 0 Å². The van der Waals surface area contributed by atoms with Gasteiger partial charge in [0.25, 0.3) is 0 Å². The van der Waals surface area contributed by atoms with Gasteiger partial charge in [0.15, 0.2) is 0 Å². The van der Waals surface area contributed by atoms with E-state index in [4.69, 9.17) is 4.74 Å². The van der Waals surface area contributed by atoms with Gasteiger partial charge in [-0.1, -0.05) is 12.1 Å². The fourth-order valence-corrected chi connectivity index (χ4v) is 4.45. The van der Waals surface area contributed by atoms with Gasteiger partial charge in [-0.3, -0.25) is 9.59 Å². The fourth-order valence-electron chi connectivity index (χ4n) is 3.31. The second kappa shape index (κ2) is 8.45. The SMILES string of the molecule is COc1cccc(N2C[C@@H](C(=O)Nc3ccc(C)c(S(=O)(=O)N(C)C)c3)CC2=O)c1. The first-order chi connectivity index (χ1) is 14.1. The van der Waals surface area contributed by atoms with E-state index in [1.54, 1.807) is 55.3 Å². The third kappa shape index (κ3) is 4.31. The summed E-state index contributed by atoms with van der Waals surface area (Å²) < 4.78 is 31.3. The number of aryl methyl sites for hydroxylation is 1. The van der Waals surface area contributed by atoms with Gasteiger partial charge >= 0.3 is 0 Å². The summed E-state index contributed by atoms with van der Waals surface area (Å²) in [5.74, 6) is -0.393. The average Bonchev–Trinajstić information content (AvgIpc) is 3.11. The van der Waals surface area contributed by atoms with E-state index in [9.17, 15) is 18.0 Å². The highest BCUT2D eigenvalue weighted by atomic mass is 32.2. The largest absolute Gasteiger partial charge is 0.497 e. The van der Waals surface area contributed by atoms with Crippen molar-refractivity contribution < 1.29 is 22.7 Å². The number of sulfonamides is 1. The standard InChI is InChI=1S/C21H25N3O5S/c1-14-8-9-16(11-19(14)30(27,28)23(2)3)22-21(26)15-10-20(25)24(13-15)17-6-5-7-18(12-17)29-4/h5-9,11-12,15H,10,13H2,1-4H3,(H,22,26)/t15-/m0/s1. The Morgan fingerprint density at radius 3 is 2.60 bits per heavy atom. The zero-order valence-electron chi connectivity index (χ0n) is 17.4. The van der Waals surface area contributed by atoms with Crippen LogP contribution in [0.1, 0.15) is 12.0 Å². The fraction of sp³-hybridized carbons (Fsp3) is 0.333. The van der Waals surface area contributed by atoms with Crippen molar-refractivity contribution in [2.45, 2.75) is 18.2 Å². The number of benzene rings is 2. The topological polar surface area (TPSA) is 96.0 Å². The second-order valence-corrected chi connectivity index (χ2v) is 9.48. The van der Waals surface area contributed by atoms with Crippen molar-refractivity contribution in [3.8, 4) is 5.75 Å². The molecular formula is C21H25N3O5S. The van der Waals surface area contributed by atoms with Crippen LogP contribution in [-0.4, -0.2) is 52.3 Å². The van der Waals surface area contributed by atoms with Gasteiger partial charge in [0, 0.05) is 44.5 Å². The van der Waals surface area contributed by atoms with Gasteiger partial charge in [-0.25, -0.2) is 12.7 Å². The summed E-state index contributed by atoms with van der Waals surface area (Å²) in [4.78, 5) is 26.9. The molecule has 1 fully saturated rings. The van der Waals surface area contributed by atoms with Crippen LogP contribution in [0, 0.1) is 12.8 Å². The molecule has 1 aliphatic rings. The quantitative estimate of drug-likeness (QED) is 0.757. The molecule has 1 N–H and O–H groups in total. The molecule has 0 bridgehead atoms. The molecule has 0 spiro atoms. The maximum Gasteiger partial charge on any atom is 0.242 e. The van der Waals surface area contributed by atoms with Crippen LogP contribution < -0.4 is 15.0 Å². The number of hydrogen-bond acceptors (Lipinski definition) is 5. The number of rotatable bonds is 6. The Bertz CT molecular complexity index is 1080. The predicted molar refractivity (Wildman–Crippen MR) is 114 cm³/mol. The first-order valence-corrected chi connectivity index (χ1v) is 10.9. The number of ether oxygens (including phenoxy) is 1. The first kappa shape index (κ1) is 21.8. The molecule has 1 atom stereocenters. The first-order valence-electron chi connectivity index (χ1n) is 9.42. The Morgan fingerprint density at radius 2 is 1.93 bits per heavy atom. The maximum atomic E-state index is 12.8. The lowest BCUT2D eigenvalue weighted by Crippen LogP contribution is -2.28. The van der Waals surface area contributed by atoms with Crippen molar-refractivity contribution in [1.82, 2.24) is 4.31 Å². The summed E-state index contributed by atoms with van der Waals surface area (Å²) in [7, 11) is 0.823. The lowest BCUT2D eigenvalue weighted by Gasteiger charge is -2.18. The molecule has 2 aromatic carbocycles. The maximum absolute atomic E-state index is 12.8. The number of methoxy groups -OCH3 is 1. The summed E-state index contributed by atoms with van der Waals surface area (Å²) in [6.07, 6.45) is 0.0811. The van der Waals surface area contributed by atoms with Crippen LogP contribution in [0.25, 0.3) is 0 Å². The number of nitrogens with zero attached hydrogens (tertiary/aromatic N) is 2. The molecule has 0 aliphatic carbocycles. The van der Waals surface area contributed by atoms with E-state index >= 15 is 0 Å². The molecular weight excluding hydrogens is 406 g/mol. The Hall–Kier alpha value is -2.91. The monoisotopic (exact) mass is 431 g/mol. The van der Waals surface area contributed by atoms with E-state index in [-0.39, 0.29) is 29.7 Å². The van der Waals surface area contributed by atoms with Crippen molar-refractivity contribution >= 4 is 33.2 Å². The van der Waals surface area contributed by atoms with Crippen LogP contribution in [0.15, 0.2) is 47.4 Å². The number of nitrogens with one attached hydrogen (secondary N) is 1. The minimum absolute atomic E-state index is 0.0811.